The van der Waals surface area contributed by atoms with Crippen molar-refractivity contribution in [2.75, 3.05) is 28.2 Å². The highest BCUT2D eigenvalue weighted by atomic mass is 35.6. The average Bonchev–Trinajstić information content (AvgIpc) is 2.22. The number of hydrogen-bond acceptors (Lipinski definition) is 6. The van der Waals surface area contributed by atoms with Gasteiger partial charge in [-0.3, -0.25) is 10.0 Å². The van der Waals surface area contributed by atoms with E-state index in [0.717, 1.165) is 0 Å². The predicted octanol–water partition coefficient (Wildman–Crippen LogP) is 3.67. The fourth-order valence-corrected chi connectivity index (χ4v) is 3.24. The molecule has 0 aliphatic heterocycles. The molecule has 0 saturated heterocycles. The minimum Gasteiger partial charge on any atom is -0.488 e. The molecule has 0 bridgehead atoms. The van der Waals surface area contributed by atoms with E-state index in [2.05, 4.69) is 10.2 Å². The van der Waals surface area contributed by atoms with Crippen LogP contribution in [-0.4, -0.2) is 57.9 Å². The Labute approximate surface area is 147 Å². The fraction of sp³-hybridized carbons (Fsp3) is 0.867. The first-order valence-corrected chi connectivity index (χ1v) is 11.0. The molecule has 8 heteroatoms. The summed E-state index contributed by atoms with van der Waals surface area (Å²) in [4.78, 5) is 0. The van der Waals surface area contributed by atoms with Gasteiger partial charge in [0.1, 0.15) is 0 Å². The van der Waals surface area contributed by atoms with Crippen molar-refractivity contribution < 1.29 is 8.85 Å². The Bertz CT molecular complexity index is 409. The molecule has 0 aromatic heterocycles. The summed E-state index contributed by atoms with van der Waals surface area (Å²) >= 11 is 6.60. The Morgan fingerprint density at radius 2 is 1.04 bits per heavy atom. The summed E-state index contributed by atoms with van der Waals surface area (Å²) in [6, 6.07) is 0. The maximum absolute atomic E-state index is 6.60. The summed E-state index contributed by atoms with van der Waals surface area (Å²) in [5.41, 5.74) is -0.561. The molecule has 0 unspecified atom stereocenters. The lowest BCUT2D eigenvalue weighted by Crippen LogP contribution is -2.44. The fourth-order valence-electron chi connectivity index (χ4n) is 1.38. The molecule has 0 spiro atoms. The second-order valence-electron chi connectivity index (χ2n) is 8.04. The minimum absolute atomic E-state index is 0.280. The quantitative estimate of drug-likeness (QED) is 0.251. The Hall–Kier alpha value is -0.953. The molecule has 0 aromatic rings. The first-order chi connectivity index (χ1) is 10.0. The first kappa shape index (κ1) is 22.0. The SMILES string of the molecule is CN(C)/N=C(/O[Si](C)(Cl)O/C(=N/N(C)C)C(C)(C)C)C(C)(C)C. The van der Waals surface area contributed by atoms with Crippen LogP contribution in [0.5, 0.6) is 0 Å². The lowest BCUT2D eigenvalue weighted by atomic mass is 9.97. The molecular weight excluding hydrogens is 332 g/mol. The van der Waals surface area contributed by atoms with E-state index < -0.39 is 7.87 Å². The van der Waals surface area contributed by atoms with Gasteiger partial charge in [-0.25, -0.2) is 0 Å². The topological polar surface area (TPSA) is 49.7 Å². The summed E-state index contributed by atoms with van der Waals surface area (Å²) in [7, 11) is 4.35. The molecule has 0 heterocycles. The molecule has 23 heavy (non-hydrogen) atoms. The van der Waals surface area contributed by atoms with Crippen molar-refractivity contribution in [2.24, 2.45) is 21.0 Å². The Kier molecular flexibility index (Phi) is 7.42. The third-order valence-electron chi connectivity index (χ3n) is 2.42. The van der Waals surface area contributed by atoms with Crippen LogP contribution in [0.2, 0.25) is 6.55 Å². The van der Waals surface area contributed by atoms with Crippen LogP contribution in [-0.2, 0) is 8.85 Å². The van der Waals surface area contributed by atoms with Crippen LogP contribution in [0.4, 0.5) is 0 Å². The summed E-state index contributed by atoms with van der Waals surface area (Å²) < 4.78 is 12.0. The van der Waals surface area contributed by atoms with Gasteiger partial charge >= 0.3 is 7.87 Å². The van der Waals surface area contributed by atoms with Gasteiger partial charge in [0.15, 0.2) is 0 Å². The maximum Gasteiger partial charge on any atom is 0.567 e. The molecule has 0 aliphatic rings. The van der Waals surface area contributed by atoms with Gasteiger partial charge < -0.3 is 8.85 Å². The number of hydrogen-bond donors (Lipinski definition) is 0. The normalized spacial score (nSPS) is 14.6. The summed E-state index contributed by atoms with van der Waals surface area (Å²) in [6.45, 7) is 13.9. The monoisotopic (exact) mass is 364 g/mol. The van der Waals surface area contributed by atoms with E-state index in [1.165, 1.54) is 0 Å². The van der Waals surface area contributed by atoms with Crippen molar-refractivity contribution in [3.63, 3.8) is 0 Å². The van der Waals surface area contributed by atoms with Crippen LogP contribution in [0, 0.1) is 10.8 Å². The Morgan fingerprint density at radius 3 is 1.22 bits per heavy atom. The maximum atomic E-state index is 6.60. The number of nitrogens with zero attached hydrogens (tertiary/aromatic N) is 4. The van der Waals surface area contributed by atoms with Gasteiger partial charge in [0, 0.05) is 45.6 Å². The molecule has 0 saturated carbocycles. The summed E-state index contributed by atoms with van der Waals surface area (Å²) in [5, 5.41) is 12.2. The van der Waals surface area contributed by atoms with E-state index in [4.69, 9.17) is 19.9 Å². The molecule has 0 N–H and O–H groups in total. The Morgan fingerprint density at radius 1 is 0.783 bits per heavy atom. The minimum atomic E-state index is -3.03. The zero-order valence-corrected chi connectivity index (χ0v) is 18.2. The highest BCUT2D eigenvalue weighted by Gasteiger charge is 2.42. The highest BCUT2D eigenvalue weighted by Crippen LogP contribution is 2.27. The Balaban J connectivity index is 5.46. The molecule has 0 amide bonds. The second kappa shape index (κ2) is 7.74. The van der Waals surface area contributed by atoms with Gasteiger partial charge in [0.2, 0.25) is 11.8 Å². The van der Waals surface area contributed by atoms with Crippen LogP contribution in [0.15, 0.2) is 10.2 Å². The molecule has 0 atom stereocenters. The van der Waals surface area contributed by atoms with Crippen molar-refractivity contribution in [3.8, 4) is 0 Å². The predicted molar refractivity (Wildman–Crippen MR) is 101 cm³/mol. The summed E-state index contributed by atoms with van der Waals surface area (Å²) in [5.74, 6) is 1.09. The van der Waals surface area contributed by atoms with Gasteiger partial charge in [-0.1, -0.05) is 52.6 Å². The van der Waals surface area contributed by atoms with E-state index in [1.807, 2.05) is 69.7 Å². The van der Waals surface area contributed by atoms with E-state index in [-0.39, 0.29) is 10.8 Å². The summed E-state index contributed by atoms with van der Waals surface area (Å²) in [6.07, 6.45) is 0. The van der Waals surface area contributed by atoms with Crippen LogP contribution in [0.1, 0.15) is 41.5 Å². The van der Waals surface area contributed by atoms with E-state index >= 15 is 0 Å². The van der Waals surface area contributed by atoms with Gasteiger partial charge in [-0.15, -0.1) is 10.2 Å². The zero-order valence-electron chi connectivity index (χ0n) is 16.5. The molecule has 0 fully saturated rings. The van der Waals surface area contributed by atoms with Gasteiger partial charge in [-0.2, -0.15) is 0 Å². The molecule has 136 valence electrons. The lowest BCUT2D eigenvalue weighted by Gasteiger charge is -2.32. The third kappa shape index (κ3) is 9.05. The molecule has 6 nitrogen and oxygen atoms in total. The smallest absolute Gasteiger partial charge is 0.488 e. The van der Waals surface area contributed by atoms with E-state index in [0.29, 0.717) is 11.8 Å². The highest BCUT2D eigenvalue weighted by molar-refractivity contribution is 7.13. The van der Waals surface area contributed by atoms with Crippen LogP contribution < -0.4 is 0 Å². The molecule has 0 radical (unpaired) electrons. The van der Waals surface area contributed by atoms with Crippen molar-refractivity contribution in [1.29, 1.82) is 0 Å². The van der Waals surface area contributed by atoms with Gasteiger partial charge in [0.25, 0.3) is 0 Å². The van der Waals surface area contributed by atoms with E-state index in [9.17, 15) is 0 Å². The first-order valence-electron chi connectivity index (χ1n) is 7.64. The third-order valence-corrected chi connectivity index (χ3v) is 4.00. The second-order valence-corrected chi connectivity index (χ2v) is 12.2. The number of hydrazone groups is 2. The van der Waals surface area contributed by atoms with Crippen molar-refractivity contribution in [1.82, 2.24) is 10.0 Å². The average molecular weight is 365 g/mol. The molecule has 0 rings (SSSR count). The van der Waals surface area contributed by atoms with Crippen LogP contribution in [0.25, 0.3) is 0 Å². The standard InChI is InChI=1S/C15H33ClN4O2Si/c1-14(2,3)12(17-19(7)8)21-23(11,16)22-13(15(4,5)6)18-20(9)10/h1-11H3/b17-12+,18-13+. The van der Waals surface area contributed by atoms with Crippen molar-refractivity contribution in [3.05, 3.63) is 0 Å². The zero-order chi connectivity index (χ0) is 18.6. The lowest BCUT2D eigenvalue weighted by molar-refractivity contribution is 0.305. The van der Waals surface area contributed by atoms with Crippen molar-refractivity contribution >= 4 is 30.7 Å². The van der Waals surface area contributed by atoms with Crippen LogP contribution in [0.3, 0.4) is 0 Å². The van der Waals surface area contributed by atoms with E-state index in [1.54, 1.807) is 16.6 Å². The van der Waals surface area contributed by atoms with Crippen LogP contribution >= 0.6 is 11.1 Å². The molecule has 0 aromatic carbocycles. The largest absolute Gasteiger partial charge is 0.567 e. The number of halogens is 1. The van der Waals surface area contributed by atoms with Gasteiger partial charge in [-0.05, 0) is 0 Å². The molecular formula is C15H33ClN4O2Si. The number of rotatable bonds is 4. The van der Waals surface area contributed by atoms with Crippen molar-refractivity contribution in [2.45, 2.75) is 48.1 Å². The molecule has 0 aliphatic carbocycles. The van der Waals surface area contributed by atoms with Gasteiger partial charge in [0.05, 0.1) is 0 Å².